The number of aromatic nitrogens is 1. The number of benzene rings is 3. The summed E-state index contributed by atoms with van der Waals surface area (Å²) < 4.78 is 5.86. The van der Waals surface area contributed by atoms with E-state index in [9.17, 15) is 0 Å². The number of ether oxygens (including phenoxy) is 1. The zero-order chi connectivity index (χ0) is 26.4. The van der Waals surface area contributed by atoms with Crippen molar-refractivity contribution in [1.82, 2.24) is 14.8 Å². The van der Waals surface area contributed by atoms with Crippen molar-refractivity contribution in [3.8, 4) is 5.88 Å². The Morgan fingerprint density at radius 2 is 1.59 bits per heavy atom. The number of hydrogen-bond donors (Lipinski definition) is 1. The van der Waals surface area contributed by atoms with Gasteiger partial charge in [0.15, 0.2) is 0 Å². The second-order valence-electron chi connectivity index (χ2n) is 10.1. The molecule has 2 N–H and O–H groups in total. The normalized spacial score (nSPS) is 14.2. The molecule has 0 bridgehead atoms. The molecule has 3 aromatic carbocycles. The Hall–Kier alpha value is -3.29. The quantitative estimate of drug-likeness (QED) is 0.288. The van der Waals surface area contributed by atoms with E-state index < -0.39 is 5.60 Å². The maximum atomic E-state index is 6.41. The smallest absolute Gasteiger partial charge is 0.216 e. The molecular formula is C31H38N4O2. The van der Waals surface area contributed by atoms with E-state index in [0.717, 1.165) is 46.1 Å². The molecule has 6 nitrogen and oxygen atoms in total. The van der Waals surface area contributed by atoms with E-state index in [0.29, 0.717) is 12.3 Å². The maximum absolute atomic E-state index is 6.41. The lowest BCUT2D eigenvalue weighted by molar-refractivity contribution is -0.0747. The van der Waals surface area contributed by atoms with Crippen LogP contribution in [0, 0.1) is 0 Å². The van der Waals surface area contributed by atoms with Crippen LogP contribution < -0.4 is 10.6 Å². The number of pyridine rings is 1. The minimum Gasteiger partial charge on any atom is -0.481 e. The molecule has 0 aliphatic carbocycles. The Balaban J connectivity index is 2.07. The van der Waals surface area contributed by atoms with Gasteiger partial charge in [-0.2, -0.15) is 0 Å². The topological polar surface area (TPSA) is 63.8 Å². The van der Waals surface area contributed by atoms with E-state index in [4.69, 9.17) is 20.5 Å². The molecule has 2 unspecified atom stereocenters. The van der Waals surface area contributed by atoms with Crippen LogP contribution in [0.15, 0.2) is 85.1 Å². The molecule has 0 aliphatic rings. The molecule has 4 rings (SSSR count). The van der Waals surface area contributed by atoms with Crippen molar-refractivity contribution in [2.75, 3.05) is 41.8 Å². The van der Waals surface area contributed by atoms with Gasteiger partial charge < -0.3 is 14.5 Å². The molecule has 4 aromatic rings. The van der Waals surface area contributed by atoms with Crippen LogP contribution in [-0.2, 0) is 17.0 Å². The largest absolute Gasteiger partial charge is 0.481 e. The third kappa shape index (κ3) is 5.68. The fraction of sp³-hybridized carbons (Fsp3) is 0.323. The minimum atomic E-state index is -0.905. The Morgan fingerprint density at radius 1 is 0.892 bits per heavy atom. The van der Waals surface area contributed by atoms with Gasteiger partial charge in [0.05, 0.1) is 7.11 Å². The molecule has 0 aliphatic heterocycles. The molecule has 2 atom stereocenters. The van der Waals surface area contributed by atoms with Gasteiger partial charge in [0, 0.05) is 30.8 Å². The summed E-state index contributed by atoms with van der Waals surface area (Å²) in [5, 5.41) is 2.26. The van der Waals surface area contributed by atoms with Gasteiger partial charge in [-0.15, -0.1) is 0 Å². The maximum Gasteiger partial charge on any atom is 0.216 e. The zero-order valence-corrected chi connectivity index (χ0v) is 22.5. The average molecular weight is 499 g/mol. The summed E-state index contributed by atoms with van der Waals surface area (Å²) in [6.07, 6.45) is 2.54. The Kier molecular flexibility index (Phi) is 8.56. The van der Waals surface area contributed by atoms with Crippen molar-refractivity contribution in [3.63, 3.8) is 0 Å². The van der Waals surface area contributed by atoms with Gasteiger partial charge >= 0.3 is 0 Å². The summed E-state index contributed by atoms with van der Waals surface area (Å²) in [4.78, 5) is 15.3. The highest BCUT2D eigenvalue weighted by Crippen LogP contribution is 2.50. The first kappa shape index (κ1) is 26.8. The number of nitrogens with zero attached hydrogens (tertiary/aromatic N) is 3. The van der Waals surface area contributed by atoms with Gasteiger partial charge in [0.1, 0.15) is 5.60 Å². The number of rotatable bonds is 11. The molecule has 0 spiro atoms. The average Bonchev–Trinajstić information content (AvgIpc) is 2.91. The molecule has 0 radical (unpaired) electrons. The standard InChI is InChI=1S/C31H38N4O2/c1-34(2)19-18-31(37-32,28-17-11-15-24-12-9-10-16-26(24)28)29(25-13-7-6-8-14-25)27-20-23(22-35(3)4)21-33-30(27)36-5/h6-17,20-21,29H,18-19,22,32H2,1-5H3. The lowest BCUT2D eigenvalue weighted by Gasteiger charge is -2.41. The molecule has 0 fully saturated rings. The van der Waals surface area contributed by atoms with E-state index in [2.05, 4.69) is 111 Å². The zero-order valence-electron chi connectivity index (χ0n) is 22.5. The van der Waals surface area contributed by atoms with E-state index in [-0.39, 0.29) is 5.92 Å². The Bertz CT molecular complexity index is 1300. The van der Waals surface area contributed by atoms with Gasteiger partial charge in [0.2, 0.25) is 5.88 Å². The van der Waals surface area contributed by atoms with Crippen molar-refractivity contribution < 1.29 is 9.57 Å². The molecule has 0 saturated carbocycles. The van der Waals surface area contributed by atoms with E-state index in [1.807, 2.05) is 12.3 Å². The van der Waals surface area contributed by atoms with Crippen molar-refractivity contribution >= 4 is 10.8 Å². The highest BCUT2D eigenvalue weighted by atomic mass is 16.6. The third-order valence-electron chi connectivity index (χ3n) is 6.92. The van der Waals surface area contributed by atoms with Crippen molar-refractivity contribution in [3.05, 3.63) is 107 Å². The predicted octanol–water partition coefficient (Wildman–Crippen LogP) is 5.17. The van der Waals surface area contributed by atoms with Crippen LogP contribution in [0.3, 0.4) is 0 Å². The van der Waals surface area contributed by atoms with Crippen LogP contribution in [-0.4, -0.2) is 56.6 Å². The molecule has 6 heteroatoms. The predicted molar refractivity (Wildman–Crippen MR) is 151 cm³/mol. The highest BCUT2D eigenvalue weighted by molar-refractivity contribution is 5.86. The Labute approximate surface area is 220 Å². The fourth-order valence-electron chi connectivity index (χ4n) is 5.30. The summed E-state index contributed by atoms with van der Waals surface area (Å²) in [7, 11) is 9.92. The second-order valence-corrected chi connectivity index (χ2v) is 10.1. The van der Waals surface area contributed by atoms with Gasteiger partial charge in [-0.25, -0.2) is 10.9 Å². The van der Waals surface area contributed by atoms with Crippen molar-refractivity contribution in [2.45, 2.75) is 24.5 Å². The monoisotopic (exact) mass is 498 g/mol. The number of methoxy groups -OCH3 is 1. The van der Waals surface area contributed by atoms with Gasteiger partial charge in [-0.3, -0.25) is 4.84 Å². The van der Waals surface area contributed by atoms with E-state index >= 15 is 0 Å². The molecule has 0 amide bonds. The van der Waals surface area contributed by atoms with Crippen molar-refractivity contribution in [1.29, 1.82) is 0 Å². The van der Waals surface area contributed by atoms with Gasteiger partial charge in [-0.05, 0) is 68.1 Å². The summed E-state index contributed by atoms with van der Waals surface area (Å²) in [5.41, 5.74) is 3.27. The lowest BCUT2D eigenvalue weighted by Crippen LogP contribution is -2.42. The molecule has 1 heterocycles. The lowest BCUT2D eigenvalue weighted by atomic mass is 9.70. The summed E-state index contributed by atoms with van der Waals surface area (Å²) in [6.45, 7) is 1.53. The first-order chi connectivity index (χ1) is 17.9. The molecule has 37 heavy (non-hydrogen) atoms. The number of nitrogens with two attached hydrogens (primary N) is 1. The first-order valence-electron chi connectivity index (χ1n) is 12.6. The fourth-order valence-corrected chi connectivity index (χ4v) is 5.30. The van der Waals surface area contributed by atoms with E-state index in [1.54, 1.807) is 7.11 Å². The van der Waals surface area contributed by atoms with E-state index in [1.165, 1.54) is 0 Å². The SMILES string of the molecule is COc1ncc(CN(C)C)cc1C(c1ccccc1)C(CCN(C)C)(ON)c1cccc2ccccc12. The van der Waals surface area contributed by atoms with Crippen LogP contribution in [0.1, 0.15) is 34.6 Å². The van der Waals surface area contributed by atoms with Crippen LogP contribution in [0.4, 0.5) is 0 Å². The summed E-state index contributed by atoms with van der Waals surface area (Å²) >= 11 is 0. The molecule has 194 valence electrons. The Morgan fingerprint density at radius 3 is 2.27 bits per heavy atom. The van der Waals surface area contributed by atoms with Gasteiger partial charge in [0.25, 0.3) is 0 Å². The summed E-state index contributed by atoms with van der Waals surface area (Å²) in [6, 6.07) is 27.4. The summed E-state index contributed by atoms with van der Waals surface area (Å²) in [5.74, 6) is 6.70. The highest BCUT2D eigenvalue weighted by Gasteiger charge is 2.46. The van der Waals surface area contributed by atoms with Crippen LogP contribution in [0.25, 0.3) is 10.8 Å². The number of hydrogen-bond acceptors (Lipinski definition) is 6. The van der Waals surface area contributed by atoms with Crippen LogP contribution in [0.5, 0.6) is 5.88 Å². The number of fused-ring (bicyclic) bond motifs is 1. The van der Waals surface area contributed by atoms with Gasteiger partial charge in [-0.1, -0.05) is 72.8 Å². The second kappa shape index (κ2) is 11.8. The molecular weight excluding hydrogens is 460 g/mol. The third-order valence-corrected chi connectivity index (χ3v) is 6.92. The van der Waals surface area contributed by atoms with Crippen LogP contribution >= 0.6 is 0 Å². The van der Waals surface area contributed by atoms with Crippen LogP contribution in [0.2, 0.25) is 0 Å². The first-order valence-corrected chi connectivity index (χ1v) is 12.6. The minimum absolute atomic E-state index is 0.283. The molecule has 1 aromatic heterocycles. The molecule has 0 saturated heterocycles. The van der Waals surface area contributed by atoms with Crippen molar-refractivity contribution in [2.24, 2.45) is 5.90 Å².